The Labute approximate surface area is 213 Å². The molecule has 0 aliphatic carbocycles. The third-order valence-corrected chi connectivity index (χ3v) is 7.06. The second-order valence-electron chi connectivity index (χ2n) is 7.81. The lowest BCUT2D eigenvalue weighted by Crippen LogP contribution is -2.48. The van der Waals surface area contributed by atoms with Gasteiger partial charge in [0, 0.05) is 59.3 Å². The summed E-state index contributed by atoms with van der Waals surface area (Å²) >= 11 is 13.6. The maximum atomic E-state index is 12.9. The van der Waals surface area contributed by atoms with Crippen LogP contribution in [0.1, 0.15) is 16.1 Å². The molecule has 2 heterocycles. The molecule has 9 heteroatoms. The van der Waals surface area contributed by atoms with Gasteiger partial charge < -0.3 is 14.4 Å². The Morgan fingerprint density at radius 2 is 1.94 bits per heavy atom. The van der Waals surface area contributed by atoms with Crippen LogP contribution in [0.3, 0.4) is 0 Å². The zero-order valence-corrected chi connectivity index (χ0v) is 21.1. The van der Waals surface area contributed by atoms with Gasteiger partial charge in [0.2, 0.25) is 0 Å². The number of nitrogens with zero attached hydrogens (tertiary/aromatic N) is 3. The summed E-state index contributed by atoms with van der Waals surface area (Å²) in [5.41, 5.74) is 2.15. The summed E-state index contributed by atoms with van der Waals surface area (Å²) in [5.74, 6) is 1.12. The molecule has 1 aliphatic rings. The molecule has 1 amide bonds. The van der Waals surface area contributed by atoms with Gasteiger partial charge in [0.25, 0.3) is 5.91 Å². The van der Waals surface area contributed by atoms with E-state index in [0.717, 1.165) is 35.8 Å². The van der Waals surface area contributed by atoms with Crippen molar-refractivity contribution in [3.8, 4) is 22.1 Å². The van der Waals surface area contributed by atoms with E-state index in [-0.39, 0.29) is 12.5 Å². The van der Waals surface area contributed by atoms with Gasteiger partial charge in [0.05, 0.1) is 7.11 Å². The summed E-state index contributed by atoms with van der Waals surface area (Å²) < 4.78 is 11.5. The number of methoxy groups -OCH3 is 1. The lowest BCUT2D eigenvalue weighted by molar-refractivity contribution is 0.0645. The maximum absolute atomic E-state index is 12.9. The molecule has 0 saturated carbocycles. The van der Waals surface area contributed by atoms with Gasteiger partial charge in [-0.3, -0.25) is 9.69 Å². The quantitative estimate of drug-likeness (QED) is 0.361. The number of hydrogen-bond acceptors (Lipinski definition) is 6. The summed E-state index contributed by atoms with van der Waals surface area (Å²) in [4.78, 5) is 21.7. The molecule has 1 aromatic heterocycles. The van der Waals surface area contributed by atoms with Crippen molar-refractivity contribution in [3.63, 3.8) is 0 Å². The number of piperazine rings is 1. The highest BCUT2D eigenvalue weighted by Gasteiger charge is 2.23. The number of carbonyl (C=O) groups is 1. The van der Waals surface area contributed by atoms with Crippen molar-refractivity contribution in [1.82, 2.24) is 14.8 Å². The largest absolute Gasteiger partial charge is 0.493 e. The van der Waals surface area contributed by atoms with Crippen molar-refractivity contribution >= 4 is 40.4 Å². The minimum atomic E-state index is -0.0347. The fraction of sp³-hybridized carbons (Fsp3) is 0.280. The van der Waals surface area contributed by atoms with Gasteiger partial charge in [-0.15, -0.1) is 17.9 Å². The molecule has 0 N–H and O–H groups in total. The van der Waals surface area contributed by atoms with Gasteiger partial charge in [-0.2, -0.15) is 0 Å². The number of carbonyl (C=O) groups excluding carboxylic acids is 1. The maximum Gasteiger partial charge on any atom is 0.273 e. The summed E-state index contributed by atoms with van der Waals surface area (Å²) in [6.45, 7) is 7.97. The molecule has 178 valence electrons. The average Bonchev–Trinajstić information content (AvgIpc) is 3.34. The van der Waals surface area contributed by atoms with E-state index in [0.29, 0.717) is 40.3 Å². The predicted octanol–water partition coefficient (Wildman–Crippen LogP) is 5.65. The van der Waals surface area contributed by atoms with E-state index in [9.17, 15) is 4.79 Å². The van der Waals surface area contributed by atoms with Gasteiger partial charge in [-0.25, -0.2) is 4.98 Å². The molecule has 0 radical (unpaired) electrons. The summed E-state index contributed by atoms with van der Waals surface area (Å²) in [7, 11) is 1.59. The first-order valence-corrected chi connectivity index (χ1v) is 12.4. The average molecular weight is 518 g/mol. The van der Waals surface area contributed by atoms with Crippen molar-refractivity contribution in [1.29, 1.82) is 0 Å². The number of rotatable bonds is 8. The second kappa shape index (κ2) is 11.2. The van der Waals surface area contributed by atoms with Gasteiger partial charge in [0.1, 0.15) is 17.3 Å². The number of thiazole rings is 1. The standard InChI is InChI=1S/C25H25Cl2N3O3S/c1-3-8-29-9-11-30(12-10-29)25(31)21-16-34-24(28-21)17-5-7-22(23(13-17)32-2)33-15-18-4-6-19(26)14-20(18)27/h3-7,13-14,16H,1,8-12,15H2,2H3. The molecule has 0 unspecified atom stereocenters. The molecular formula is C25H25Cl2N3O3S. The zero-order chi connectivity index (χ0) is 24.1. The van der Waals surface area contributed by atoms with E-state index in [1.165, 1.54) is 11.3 Å². The molecule has 1 saturated heterocycles. The van der Waals surface area contributed by atoms with Crippen LogP contribution in [0.2, 0.25) is 10.0 Å². The first-order valence-electron chi connectivity index (χ1n) is 10.8. The molecular weight excluding hydrogens is 493 g/mol. The van der Waals surface area contributed by atoms with Crippen molar-refractivity contribution in [2.45, 2.75) is 6.61 Å². The third-order valence-electron chi connectivity index (χ3n) is 5.58. The number of amides is 1. The van der Waals surface area contributed by atoms with Crippen LogP contribution in [0.5, 0.6) is 11.5 Å². The minimum absolute atomic E-state index is 0.0347. The van der Waals surface area contributed by atoms with Crippen LogP contribution in [0, 0.1) is 0 Å². The molecule has 1 fully saturated rings. The fourth-order valence-electron chi connectivity index (χ4n) is 3.70. The van der Waals surface area contributed by atoms with Gasteiger partial charge in [-0.05, 0) is 30.3 Å². The molecule has 0 atom stereocenters. The Balaban J connectivity index is 1.43. The third kappa shape index (κ3) is 5.73. The highest BCUT2D eigenvalue weighted by Crippen LogP contribution is 2.35. The number of ether oxygens (including phenoxy) is 2. The lowest BCUT2D eigenvalue weighted by Gasteiger charge is -2.33. The molecule has 1 aliphatic heterocycles. The summed E-state index contributed by atoms with van der Waals surface area (Å²) in [5, 5.41) is 3.68. The molecule has 2 aromatic carbocycles. The van der Waals surface area contributed by atoms with Crippen molar-refractivity contribution in [2.24, 2.45) is 0 Å². The molecule has 4 rings (SSSR count). The van der Waals surface area contributed by atoms with Gasteiger partial charge in [0.15, 0.2) is 11.5 Å². The number of halogens is 2. The van der Waals surface area contributed by atoms with Crippen LogP contribution in [-0.4, -0.2) is 60.5 Å². The van der Waals surface area contributed by atoms with E-state index in [2.05, 4.69) is 16.5 Å². The minimum Gasteiger partial charge on any atom is -0.493 e. The highest BCUT2D eigenvalue weighted by atomic mass is 35.5. The van der Waals surface area contributed by atoms with Crippen LogP contribution in [0.4, 0.5) is 0 Å². The van der Waals surface area contributed by atoms with E-state index in [1.54, 1.807) is 19.2 Å². The SMILES string of the molecule is C=CCN1CCN(C(=O)c2csc(-c3ccc(OCc4ccc(Cl)cc4Cl)c(OC)c3)n2)CC1. The smallest absolute Gasteiger partial charge is 0.273 e. The number of aromatic nitrogens is 1. The van der Waals surface area contributed by atoms with E-state index < -0.39 is 0 Å². The summed E-state index contributed by atoms with van der Waals surface area (Å²) in [6.07, 6.45) is 1.89. The zero-order valence-electron chi connectivity index (χ0n) is 18.8. The van der Waals surface area contributed by atoms with Crippen LogP contribution >= 0.6 is 34.5 Å². The molecule has 34 heavy (non-hydrogen) atoms. The molecule has 0 bridgehead atoms. The molecule has 3 aromatic rings. The van der Waals surface area contributed by atoms with E-state index >= 15 is 0 Å². The predicted molar refractivity (Wildman–Crippen MR) is 137 cm³/mol. The molecule has 6 nitrogen and oxygen atoms in total. The number of benzene rings is 2. The topological polar surface area (TPSA) is 54.9 Å². The Hall–Kier alpha value is -2.58. The second-order valence-corrected chi connectivity index (χ2v) is 9.51. The Bertz CT molecular complexity index is 1180. The van der Waals surface area contributed by atoms with Crippen molar-refractivity contribution < 1.29 is 14.3 Å². The van der Waals surface area contributed by atoms with Crippen LogP contribution in [0.15, 0.2) is 54.4 Å². The van der Waals surface area contributed by atoms with Crippen LogP contribution in [-0.2, 0) is 6.61 Å². The summed E-state index contributed by atoms with van der Waals surface area (Å²) in [6, 6.07) is 10.9. The Morgan fingerprint density at radius 3 is 2.65 bits per heavy atom. The van der Waals surface area contributed by atoms with Crippen molar-refractivity contribution in [2.75, 3.05) is 39.8 Å². The van der Waals surface area contributed by atoms with Crippen LogP contribution < -0.4 is 9.47 Å². The van der Waals surface area contributed by atoms with E-state index in [4.69, 9.17) is 32.7 Å². The van der Waals surface area contributed by atoms with Crippen molar-refractivity contribution in [3.05, 3.63) is 75.7 Å². The normalized spacial score (nSPS) is 14.1. The first kappa shape index (κ1) is 24.5. The fourth-order valence-corrected chi connectivity index (χ4v) is 4.95. The Morgan fingerprint density at radius 1 is 1.15 bits per heavy atom. The monoisotopic (exact) mass is 517 g/mol. The van der Waals surface area contributed by atoms with E-state index in [1.807, 2.05) is 40.6 Å². The molecule has 0 spiro atoms. The van der Waals surface area contributed by atoms with Gasteiger partial charge in [-0.1, -0.05) is 35.3 Å². The number of hydrogen-bond donors (Lipinski definition) is 0. The Kier molecular flexibility index (Phi) is 8.11. The lowest BCUT2D eigenvalue weighted by atomic mass is 10.2. The highest BCUT2D eigenvalue weighted by molar-refractivity contribution is 7.13. The van der Waals surface area contributed by atoms with Gasteiger partial charge >= 0.3 is 0 Å². The first-order chi connectivity index (χ1) is 16.5. The van der Waals surface area contributed by atoms with Crippen LogP contribution in [0.25, 0.3) is 10.6 Å².